The van der Waals surface area contributed by atoms with Crippen molar-refractivity contribution in [3.8, 4) is 0 Å². The van der Waals surface area contributed by atoms with E-state index in [1.807, 2.05) is 0 Å². The SMILES string of the molecule is O=C(F)c1ccc(F)cc1F. The van der Waals surface area contributed by atoms with Crippen molar-refractivity contribution in [3.63, 3.8) is 0 Å². The Morgan fingerprint density at radius 2 is 1.91 bits per heavy atom. The van der Waals surface area contributed by atoms with Crippen LogP contribution >= 0.6 is 0 Å². The van der Waals surface area contributed by atoms with Gasteiger partial charge in [0.15, 0.2) is 0 Å². The van der Waals surface area contributed by atoms with Crippen molar-refractivity contribution < 1.29 is 18.0 Å². The number of halogens is 3. The van der Waals surface area contributed by atoms with Crippen molar-refractivity contribution in [2.45, 2.75) is 0 Å². The Kier molecular flexibility index (Phi) is 1.94. The highest BCUT2D eigenvalue weighted by Crippen LogP contribution is 2.10. The van der Waals surface area contributed by atoms with Crippen LogP contribution in [-0.2, 0) is 0 Å². The first-order valence-electron chi connectivity index (χ1n) is 2.76. The lowest BCUT2D eigenvalue weighted by Gasteiger charge is -1.93. The monoisotopic (exact) mass is 160 g/mol. The third kappa shape index (κ3) is 1.58. The van der Waals surface area contributed by atoms with Gasteiger partial charge in [0.25, 0.3) is 0 Å². The maximum Gasteiger partial charge on any atom is 0.335 e. The van der Waals surface area contributed by atoms with Crippen LogP contribution in [0.4, 0.5) is 13.2 Å². The van der Waals surface area contributed by atoms with Gasteiger partial charge in [0, 0.05) is 6.07 Å². The summed E-state index contributed by atoms with van der Waals surface area (Å²) in [6, 6.07) is 0.123. The minimum atomic E-state index is -1.90. The van der Waals surface area contributed by atoms with E-state index in [4.69, 9.17) is 0 Å². The quantitative estimate of drug-likeness (QED) is 0.574. The number of hydrogen-bond donors (Lipinski definition) is 0. The smallest absolute Gasteiger partial charge is 0.255 e. The zero-order valence-corrected chi connectivity index (χ0v) is 5.27. The molecule has 0 heterocycles. The van der Waals surface area contributed by atoms with Gasteiger partial charge in [-0.3, -0.25) is 4.79 Å². The third-order valence-corrected chi connectivity index (χ3v) is 1.14. The van der Waals surface area contributed by atoms with Crippen molar-refractivity contribution in [3.05, 3.63) is 35.4 Å². The van der Waals surface area contributed by atoms with Crippen molar-refractivity contribution in [2.75, 3.05) is 0 Å². The number of carbonyl (C=O) groups excluding carboxylic acids is 1. The molecule has 0 atom stereocenters. The Hall–Kier alpha value is -1.32. The van der Waals surface area contributed by atoms with Gasteiger partial charge in [-0.1, -0.05) is 0 Å². The van der Waals surface area contributed by atoms with Crippen LogP contribution in [0.3, 0.4) is 0 Å². The molecule has 1 aromatic carbocycles. The van der Waals surface area contributed by atoms with E-state index in [2.05, 4.69) is 0 Å². The summed E-state index contributed by atoms with van der Waals surface area (Å²) in [5.74, 6) is -2.02. The van der Waals surface area contributed by atoms with Gasteiger partial charge in [-0.25, -0.2) is 8.78 Å². The third-order valence-electron chi connectivity index (χ3n) is 1.14. The van der Waals surface area contributed by atoms with Gasteiger partial charge in [-0.2, -0.15) is 4.39 Å². The van der Waals surface area contributed by atoms with E-state index in [1.165, 1.54) is 0 Å². The Balaban J connectivity index is 3.20. The fourth-order valence-corrected chi connectivity index (χ4v) is 0.649. The van der Waals surface area contributed by atoms with E-state index in [-0.39, 0.29) is 0 Å². The topological polar surface area (TPSA) is 17.1 Å². The van der Waals surface area contributed by atoms with E-state index < -0.39 is 23.2 Å². The molecule has 0 saturated carbocycles. The first-order chi connectivity index (χ1) is 5.11. The predicted octanol–water partition coefficient (Wildman–Crippen LogP) is 2.07. The summed E-state index contributed by atoms with van der Waals surface area (Å²) in [4.78, 5) is 9.95. The van der Waals surface area contributed by atoms with Crippen LogP contribution in [-0.4, -0.2) is 6.04 Å². The zero-order chi connectivity index (χ0) is 8.43. The molecule has 1 nitrogen and oxygen atoms in total. The molecule has 0 amide bonds. The molecule has 0 fully saturated rings. The number of carbonyl (C=O) groups is 1. The Morgan fingerprint density at radius 3 is 2.36 bits per heavy atom. The molecule has 0 spiro atoms. The molecule has 0 aromatic heterocycles. The molecule has 11 heavy (non-hydrogen) atoms. The van der Waals surface area contributed by atoms with E-state index in [0.29, 0.717) is 6.07 Å². The summed E-state index contributed by atoms with van der Waals surface area (Å²) in [5, 5.41) is 0. The summed E-state index contributed by atoms with van der Waals surface area (Å²) in [5.41, 5.74) is -0.744. The second-order valence-electron chi connectivity index (χ2n) is 1.90. The summed E-state index contributed by atoms with van der Waals surface area (Å²) in [6.07, 6.45) is 0. The number of rotatable bonds is 1. The summed E-state index contributed by atoms with van der Waals surface area (Å²) < 4.78 is 36.4. The Morgan fingerprint density at radius 1 is 1.27 bits per heavy atom. The fourth-order valence-electron chi connectivity index (χ4n) is 0.649. The summed E-state index contributed by atoms with van der Waals surface area (Å²) >= 11 is 0. The first-order valence-corrected chi connectivity index (χ1v) is 2.76. The van der Waals surface area contributed by atoms with Crippen LogP contribution in [0.2, 0.25) is 0 Å². The van der Waals surface area contributed by atoms with Gasteiger partial charge < -0.3 is 0 Å². The maximum absolute atomic E-state index is 12.4. The van der Waals surface area contributed by atoms with Gasteiger partial charge in [-0.05, 0) is 12.1 Å². The van der Waals surface area contributed by atoms with Gasteiger partial charge in [-0.15, -0.1) is 0 Å². The predicted molar refractivity (Wildman–Crippen MR) is 31.8 cm³/mol. The molecule has 0 aliphatic rings. The minimum Gasteiger partial charge on any atom is -0.255 e. The van der Waals surface area contributed by atoms with Crippen LogP contribution in [0, 0.1) is 11.6 Å². The zero-order valence-electron chi connectivity index (χ0n) is 5.27. The molecule has 4 heteroatoms. The molecule has 0 aliphatic carbocycles. The molecule has 0 aliphatic heterocycles. The van der Waals surface area contributed by atoms with Crippen LogP contribution in [0.25, 0.3) is 0 Å². The van der Waals surface area contributed by atoms with Crippen molar-refractivity contribution in [2.24, 2.45) is 0 Å². The van der Waals surface area contributed by atoms with Crippen LogP contribution in [0.15, 0.2) is 18.2 Å². The normalized spacial score (nSPS) is 9.73. The first kappa shape index (κ1) is 7.78. The van der Waals surface area contributed by atoms with Gasteiger partial charge >= 0.3 is 6.04 Å². The van der Waals surface area contributed by atoms with Crippen LogP contribution < -0.4 is 0 Å². The van der Waals surface area contributed by atoms with Crippen molar-refractivity contribution in [1.29, 1.82) is 0 Å². The molecular weight excluding hydrogens is 157 g/mol. The highest BCUT2D eigenvalue weighted by Gasteiger charge is 2.10. The molecule has 0 N–H and O–H groups in total. The maximum atomic E-state index is 12.4. The van der Waals surface area contributed by atoms with Gasteiger partial charge in [0.05, 0.1) is 5.56 Å². The van der Waals surface area contributed by atoms with E-state index in [0.717, 1.165) is 12.1 Å². The molecule has 0 radical (unpaired) electrons. The lowest BCUT2D eigenvalue weighted by atomic mass is 10.2. The molecule has 58 valence electrons. The second-order valence-corrected chi connectivity index (χ2v) is 1.90. The molecule has 1 aromatic rings. The summed E-state index contributed by atoms with van der Waals surface area (Å²) in [6.45, 7) is 0. The fraction of sp³-hybridized carbons (Fsp3) is 0. The average Bonchev–Trinajstić information content (AvgIpc) is 1.85. The number of hydrogen-bond acceptors (Lipinski definition) is 1. The standard InChI is InChI=1S/C7H3F3O/c8-4-1-2-5(7(10)11)6(9)3-4/h1-3H. The molecule has 0 unspecified atom stereocenters. The van der Waals surface area contributed by atoms with Crippen molar-refractivity contribution in [1.82, 2.24) is 0 Å². The molecule has 0 bridgehead atoms. The second kappa shape index (κ2) is 2.74. The highest BCUT2D eigenvalue weighted by atomic mass is 19.1. The Bertz CT molecular complexity index is 296. The van der Waals surface area contributed by atoms with E-state index in [1.54, 1.807) is 0 Å². The lowest BCUT2D eigenvalue weighted by molar-refractivity contribution is 0.0831. The lowest BCUT2D eigenvalue weighted by Crippen LogP contribution is -1.95. The molecule has 0 saturated heterocycles. The van der Waals surface area contributed by atoms with Gasteiger partial charge in [0.2, 0.25) is 0 Å². The molecular formula is C7H3F3O. The van der Waals surface area contributed by atoms with E-state index >= 15 is 0 Å². The number of benzene rings is 1. The summed E-state index contributed by atoms with van der Waals surface area (Å²) in [7, 11) is 0. The van der Waals surface area contributed by atoms with Crippen LogP contribution in [0.1, 0.15) is 10.4 Å². The van der Waals surface area contributed by atoms with Gasteiger partial charge in [0.1, 0.15) is 11.6 Å². The molecule has 1 rings (SSSR count). The minimum absolute atomic E-state index is 0.451. The Labute approximate surface area is 60.5 Å². The van der Waals surface area contributed by atoms with E-state index in [9.17, 15) is 18.0 Å². The largest absolute Gasteiger partial charge is 0.335 e. The average molecular weight is 160 g/mol. The highest BCUT2D eigenvalue weighted by molar-refractivity contribution is 5.88. The van der Waals surface area contributed by atoms with Crippen LogP contribution in [0.5, 0.6) is 0 Å². The van der Waals surface area contributed by atoms with Crippen molar-refractivity contribution >= 4 is 6.04 Å².